The van der Waals surface area contributed by atoms with Crippen LogP contribution in [0.15, 0.2) is 77.8 Å². The third-order valence-corrected chi connectivity index (χ3v) is 7.73. The van der Waals surface area contributed by atoms with E-state index in [9.17, 15) is 4.79 Å². The SMILES string of the molecule is O=C(CSc1nnc(-c2ccccc2)c2ccccc12)N1CCC[C@H]1c1ccc2c(c1)OCCCO2. The number of hydrogen-bond acceptors (Lipinski definition) is 6. The van der Waals surface area contributed by atoms with Crippen LogP contribution < -0.4 is 9.47 Å². The van der Waals surface area contributed by atoms with Crippen LogP contribution in [0.5, 0.6) is 11.5 Å². The first kappa shape index (κ1) is 22.9. The zero-order valence-corrected chi connectivity index (χ0v) is 20.7. The Kier molecular flexibility index (Phi) is 6.47. The summed E-state index contributed by atoms with van der Waals surface area (Å²) in [6.45, 7) is 2.08. The average molecular weight is 498 g/mol. The van der Waals surface area contributed by atoms with Gasteiger partial charge in [-0.25, -0.2) is 0 Å². The van der Waals surface area contributed by atoms with E-state index in [0.717, 1.165) is 69.9 Å². The number of benzene rings is 3. The minimum atomic E-state index is 0.0542. The van der Waals surface area contributed by atoms with E-state index < -0.39 is 0 Å². The second kappa shape index (κ2) is 10.2. The minimum absolute atomic E-state index is 0.0542. The van der Waals surface area contributed by atoms with Gasteiger partial charge < -0.3 is 14.4 Å². The fourth-order valence-corrected chi connectivity index (χ4v) is 5.87. The summed E-state index contributed by atoms with van der Waals surface area (Å²) < 4.78 is 11.7. The fraction of sp³-hybridized carbons (Fsp3) is 0.276. The van der Waals surface area contributed by atoms with Gasteiger partial charge in [0.15, 0.2) is 11.5 Å². The molecule has 0 radical (unpaired) electrons. The highest BCUT2D eigenvalue weighted by atomic mass is 32.2. The van der Waals surface area contributed by atoms with E-state index in [4.69, 9.17) is 9.47 Å². The Morgan fingerprint density at radius 2 is 1.67 bits per heavy atom. The van der Waals surface area contributed by atoms with Gasteiger partial charge in [0.25, 0.3) is 0 Å². The lowest BCUT2D eigenvalue weighted by molar-refractivity contribution is -0.129. The summed E-state index contributed by atoms with van der Waals surface area (Å²) in [6, 6.07) is 24.4. The molecule has 6 nitrogen and oxygen atoms in total. The quantitative estimate of drug-likeness (QED) is 0.319. The average Bonchev–Trinajstić information content (AvgIpc) is 3.31. The van der Waals surface area contributed by atoms with Gasteiger partial charge in [0, 0.05) is 29.3 Å². The number of rotatable bonds is 5. The molecule has 1 amide bonds. The van der Waals surface area contributed by atoms with E-state index >= 15 is 0 Å². The Bertz CT molecular complexity index is 1400. The summed E-state index contributed by atoms with van der Waals surface area (Å²) in [4.78, 5) is 15.4. The molecule has 0 unspecified atom stereocenters. The fourth-order valence-electron chi connectivity index (χ4n) is 5.01. The number of fused-ring (bicyclic) bond motifs is 2. The van der Waals surface area contributed by atoms with Gasteiger partial charge in [-0.15, -0.1) is 10.2 Å². The van der Waals surface area contributed by atoms with Crippen molar-refractivity contribution in [2.75, 3.05) is 25.5 Å². The van der Waals surface area contributed by atoms with Crippen molar-refractivity contribution in [2.45, 2.75) is 30.3 Å². The van der Waals surface area contributed by atoms with Crippen molar-refractivity contribution in [1.82, 2.24) is 15.1 Å². The van der Waals surface area contributed by atoms with E-state index in [1.165, 1.54) is 11.8 Å². The molecule has 1 atom stereocenters. The highest BCUT2D eigenvalue weighted by molar-refractivity contribution is 8.00. The van der Waals surface area contributed by atoms with Crippen LogP contribution in [0.2, 0.25) is 0 Å². The van der Waals surface area contributed by atoms with Crippen LogP contribution in [-0.2, 0) is 4.79 Å². The number of carbonyl (C=O) groups is 1. The molecule has 0 bridgehead atoms. The van der Waals surface area contributed by atoms with Crippen molar-refractivity contribution >= 4 is 28.4 Å². The molecule has 3 heterocycles. The van der Waals surface area contributed by atoms with Crippen LogP contribution in [0.3, 0.4) is 0 Å². The summed E-state index contributed by atoms with van der Waals surface area (Å²) in [7, 11) is 0. The van der Waals surface area contributed by atoms with E-state index in [-0.39, 0.29) is 11.9 Å². The predicted octanol–water partition coefficient (Wildman–Crippen LogP) is 5.91. The third-order valence-electron chi connectivity index (χ3n) is 6.76. The molecule has 0 aliphatic carbocycles. The van der Waals surface area contributed by atoms with Crippen LogP contribution in [0.25, 0.3) is 22.0 Å². The molecule has 0 N–H and O–H groups in total. The number of amides is 1. The summed E-state index contributed by atoms with van der Waals surface area (Å²) in [5.41, 5.74) is 2.99. The molecular weight excluding hydrogens is 470 g/mol. The highest BCUT2D eigenvalue weighted by Crippen LogP contribution is 2.39. The first-order valence-corrected chi connectivity index (χ1v) is 13.4. The van der Waals surface area contributed by atoms with Crippen LogP contribution in [0, 0.1) is 0 Å². The Labute approximate surface area is 214 Å². The first-order chi connectivity index (χ1) is 17.8. The van der Waals surface area contributed by atoms with Crippen LogP contribution in [-0.4, -0.2) is 46.5 Å². The molecule has 3 aromatic carbocycles. The lowest BCUT2D eigenvalue weighted by Crippen LogP contribution is -2.32. The van der Waals surface area contributed by atoms with Crippen molar-refractivity contribution in [3.05, 3.63) is 78.4 Å². The van der Waals surface area contributed by atoms with Gasteiger partial charge in [0.05, 0.1) is 25.0 Å². The lowest BCUT2D eigenvalue weighted by atomic mass is 10.0. The lowest BCUT2D eigenvalue weighted by Gasteiger charge is -2.25. The molecule has 2 aliphatic heterocycles. The minimum Gasteiger partial charge on any atom is -0.490 e. The summed E-state index contributed by atoms with van der Waals surface area (Å²) in [6.07, 6.45) is 2.81. The van der Waals surface area contributed by atoms with E-state index in [2.05, 4.69) is 28.4 Å². The third kappa shape index (κ3) is 4.51. The van der Waals surface area contributed by atoms with Crippen molar-refractivity contribution < 1.29 is 14.3 Å². The normalized spacial score (nSPS) is 17.2. The molecule has 1 aromatic heterocycles. The maximum absolute atomic E-state index is 13.4. The predicted molar refractivity (Wildman–Crippen MR) is 141 cm³/mol. The van der Waals surface area contributed by atoms with E-state index in [0.29, 0.717) is 19.0 Å². The number of nitrogens with zero attached hydrogens (tertiary/aromatic N) is 3. The largest absolute Gasteiger partial charge is 0.490 e. The Hall–Kier alpha value is -3.58. The molecule has 36 heavy (non-hydrogen) atoms. The van der Waals surface area contributed by atoms with Crippen molar-refractivity contribution in [1.29, 1.82) is 0 Å². The first-order valence-electron chi connectivity index (χ1n) is 12.4. The molecule has 0 saturated carbocycles. The van der Waals surface area contributed by atoms with Gasteiger partial charge >= 0.3 is 0 Å². The smallest absolute Gasteiger partial charge is 0.233 e. The molecule has 0 spiro atoms. The van der Waals surface area contributed by atoms with Gasteiger partial charge in [0.1, 0.15) is 10.7 Å². The number of thioether (sulfide) groups is 1. The number of aromatic nitrogens is 2. The maximum atomic E-state index is 13.4. The molecule has 2 aliphatic rings. The molecule has 182 valence electrons. The van der Waals surface area contributed by atoms with Gasteiger partial charge in [-0.3, -0.25) is 4.79 Å². The standard InChI is InChI=1S/C29H27N3O3S/c33-27(32-15-6-12-24(32)21-13-14-25-26(18-21)35-17-7-16-34-25)19-36-29-23-11-5-4-10-22(23)28(30-31-29)20-8-2-1-3-9-20/h1-5,8-11,13-14,18,24H,6-7,12,15-17,19H2/t24-/m0/s1. The monoisotopic (exact) mass is 497 g/mol. The number of likely N-dealkylation sites (tertiary alicyclic amines) is 1. The number of carbonyl (C=O) groups excluding carboxylic acids is 1. The van der Waals surface area contributed by atoms with Gasteiger partial charge in [0.2, 0.25) is 5.91 Å². The van der Waals surface area contributed by atoms with Gasteiger partial charge in [-0.2, -0.15) is 0 Å². The Morgan fingerprint density at radius 3 is 2.53 bits per heavy atom. The summed E-state index contributed by atoms with van der Waals surface area (Å²) >= 11 is 1.46. The number of hydrogen-bond donors (Lipinski definition) is 0. The zero-order chi connectivity index (χ0) is 24.3. The van der Waals surface area contributed by atoms with Crippen molar-refractivity contribution in [3.8, 4) is 22.8 Å². The number of ether oxygens (including phenoxy) is 2. The second-order valence-corrected chi connectivity index (χ2v) is 10.0. The van der Waals surface area contributed by atoms with Gasteiger partial charge in [-0.05, 0) is 30.5 Å². The zero-order valence-electron chi connectivity index (χ0n) is 19.9. The van der Waals surface area contributed by atoms with Gasteiger partial charge in [-0.1, -0.05) is 72.4 Å². The van der Waals surface area contributed by atoms with Crippen LogP contribution >= 0.6 is 11.8 Å². The second-order valence-electron chi connectivity index (χ2n) is 9.06. The molecule has 7 heteroatoms. The Morgan fingerprint density at radius 1 is 0.889 bits per heavy atom. The van der Waals surface area contributed by atoms with Crippen LogP contribution in [0.1, 0.15) is 30.9 Å². The topological polar surface area (TPSA) is 64.6 Å². The molecule has 4 aromatic rings. The van der Waals surface area contributed by atoms with Crippen LogP contribution in [0.4, 0.5) is 0 Å². The van der Waals surface area contributed by atoms with Crippen molar-refractivity contribution in [3.63, 3.8) is 0 Å². The van der Waals surface area contributed by atoms with E-state index in [1.54, 1.807) is 0 Å². The summed E-state index contributed by atoms with van der Waals surface area (Å²) in [5, 5.41) is 11.9. The molecule has 6 rings (SSSR count). The maximum Gasteiger partial charge on any atom is 0.233 e. The van der Waals surface area contributed by atoms with E-state index in [1.807, 2.05) is 59.5 Å². The molecule has 1 fully saturated rings. The Balaban J connectivity index is 1.20. The molecular formula is C29H27N3O3S. The van der Waals surface area contributed by atoms with Crippen molar-refractivity contribution in [2.24, 2.45) is 0 Å². The molecule has 1 saturated heterocycles. The highest BCUT2D eigenvalue weighted by Gasteiger charge is 2.31. The summed E-state index contributed by atoms with van der Waals surface area (Å²) in [5.74, 6) is 2.00.